The van der Waals surface area contributed by atoms with Gasteiger partial charge in [0.15, 0.2) is 0 Å². The fraction of sp³-hybridized carbons (Fsp3) is 0.588. The zero-order valence-corrected chi connectivity index (χ0v) is 12.9. The highest BCUT2D eigenvalue weighted by atomic mass is 16.5. The Balaban J connectivity index is 1.43. The number of benzene rings is 1. The van der Waals surface area contributed by atoms with Gasteiger partial charge in [0.05, 0.1) is 18.8 Å². The molecule has 1 saturated carbocycles. The number of aryl methyl sites for hydroxylation is 1. The Hall–Kier alpha value is -1.43. The lowest BCUT2D eigenvalue weighted by molar-refractivity contribution is -0.123. The SMILES string of the molecule is Cc1ccc(CN[C@@H]2CO[C@H](CNC(=O)C3CC3)[C@H]2O)cc1. The van der Waals surface area contributed by atoms with Crippen molar-refractivity contribution in [3.8, 4) is 0 Å². The van der Waals surface area contributed by atoms with Gasteiger partial charge in [-0.1, -0.05) is 29.8 Å². The Morgan fingerprint density at radius 3 is 2.73 bits per heavy atom. The molecule has 0 aromatic heterocycles. The van der Waals surface area contributed by atoms with E-state index in [1.165, 1.54) is 11.1 Å². The van der Waals surface area contributed by atoms with Gasteiger partial charge in [0.25, 0.3) is 0 Å². The zero-order chi connectivity index (χ0) is 15.5. The van der Waals surface area contributed by atoms with Crippen molar-refractivity contribution in [2.45, 2.75) is 44.6 Å². The lowest BCUT2D eigenvalue weighted by Gasteiger charge is -2.19. The quantitative estimate of drug-likeness (QED) is 0.725. The number of aliphatic hydroxyl groups excluding tert-OH is 1. The molecule has 1 aliphatic heterocycles. The first kappa shape index (κ1) is 15.5. The Morgan fingerprint density at radius 1 is 1.32 bits per heavy atom. The fourth-order valence-electron chi connectivity index (χ4n) is 2.69. The van der Waals surface area contributed by atoms with Gasteiger partial charge in [-0.3, -0.25) is 4.79 Å². The summed E-state index contributed by atoms with van der Waals surface area (Å²) in [5.74, 6) is 0.279. The molecule has 3 rings (SSSR count). The van der Waals surface area contributed by atoms with Crippen LogP contribution in [0.3, 0.4) is 0 Å². The van der Waals surface area contributed by atoms with Crippen LogP contribution >= 0.6 is 0 Å². The highest BCUT2D eigenvalue weighted by Crippen LogP contribution is 2.28. The molecule has 1 aliphatic carbocycles. The second kappa shape index (κ2) is 6.77. The number of ether oxygens (including phenoxy) is 1. The molecule has 1 aromatic carbocycles. The number of carbonyl (C=O) groups is 1. The fourth-order valence-corrected chi connectivity index (χ4v) is 2.69. The van der Waals surface area contributed by atoms with Crippen LogP contribution in [0, 0.1) is 12.8 Å². The smallest absolute Gasteiger partial charge is 0.223 e. The standard InChI is InChI=1S/C17H24N2O3/c1-11-2-4-12(5-3-11)8-18-14-10-22-15(16(14)20)9-19-17(21)13-6-7-13/h2-5,13-16,18,20H,6-10H2,1H3,(H,19,21)/t14-,15-,16+/m1/s1. The van der Waals surface area contributed by atoms with E-state index < -0.39 is 6.10 Å². The minimum Gasteiger partial charge on any atom is -0.389 e. The molecule has 5 heteroatoms. The third-order valence-corrected chi connectivity index (χ3v) is 4.40. The van der Waals surface area contributed by atoms with Crippen LogP contribution in [0.5, 0.6) is 0 Å². The van der Waals surface area contributed by atoms with Crippen LogP contribution in [0.1, 0.15) is 24.0 Å². The van der Waals surface area contributed by atoms with Crippen molar-refractivity contribution in [2.75, 3.05) is 13.2 Å². The molecule has 3 atom stereocenters. The molecule has 0 spiro atoms. The minimum atomic E-state index is -0.593. The molecule has 2 aliphatic rings. The summed E-state index contributed by atoms with van der Waals surface area (Å²) in [5, 5.41) is 16.5. The number of hydrogen-bond donors (Lipinski definition) is 3. The molecule has 1 aromatic rings. The lowest BCUT2D eigenvalue weighted by atomic mass is 10.1. The second-order valence-electron chi connectivity index (χ2n) is 6.35. The van der Waals surface area contributed by atoms with Gasteiger partial charge in [-0.2, -0.15) is 0 Å². The number of amides is 1. The first-order valence-electron chi connectivity index (χ1n) is 8.00. The van der Waals surface area contributed by atoms with Crippen LogP contribution in [-0.4, -0.2) is 42.4 Å². The van der Waals surface area contributed by atoms with E-state index in [2.05, 4.69) is 41.8 Å². The first-order valence-corrected chi connectivity index (χ1v) is 8.00. The summed E-state index contributed by atoms with van der Waals surface area (Å²) in [6.07, 6.45) is 1.06. The molecule has 1 amide bonds. The van der Waals surface area contributed by atoms with Crippen molar-refractivity contribution in [1.82, 2.24) is 10.6 Å². The molecule has 0 unspecified atom stereocenters. The number of aliphatic hydroxyl groups is 1. The van der Waals surface area contributed by atoms with E-state index >= 15 is 0 Å². The van der Waals surface area contributed by atoms with Crippen LogP contribution in [0.4, 0.5) is 0 Å². The lowest BCUT2D eigenvalue weighted by Crippen LogP contribution is -2.44. The number of carbonyl (C=O) groups excluding carboxylic acids is 1. The molecule has 1 heterocycles. The van der Waals surface area contributed by atoms with Gasteiger partial charge in [0, 0.05) is 19.0 Å². The van der Waals surface area contributed by atoms with Crippen molar-refractivity contribution < 1.29 is 14.6 Å². The number of hydrogen-bond acceptors (Lipinski definition) is 4. The van der Waals surface area contributed by atoms with Crippen molar-refractivity contribution in [3.05, 3.63) is 35.4 Å². The Kier molecular flexibility index (Phi) is 4.76. The second-order valence-corrected chi connectivity index (χ2v) is 6.35. The van der Waals surface area contributed by atoms with Gasteiger partial charge >= 0.3 is 0 Å². The predicted molar refractivity (Wildman–Crippen MR) is 83.3 cm³/mol. The van der Waals surface area contributed by atoms with Crippen molar-refractivity contribution in [2.24, 2.45) is 5.92 Å². The average molecular weight is 304 g/mol. The van der Waals surface area contributed by atoms with E-state index in [1.807, 2.05) is 0 Å². The Morgan fingerprint density at radius 2 is 2.05 bits per heavy atom. The van der Waals surface area contributed by atoms with Gasteiger partial charge in [-0.15, -0.1) is 0 Å². The zero-order valence-electron chi connectivity index (χ0n) is 12.9. The highest BCUT2D eigenvalue weighted by Gasteiger charge is 2.37. The maximum Gasteiger partial charge on any atom is 0.223 e. The molecule has 0 bridgehead atoms. The van der Waals surface area contributed by atoms with Crippen molar-refractivity contribution in [3.63, 3.8) is 0 Å². The van der Waals surface area contributed by atoms with Gasteiger partial charge in [-0.05, 0) is 25.3 Å². The maximum absolute atomic E-state index is 11.6. The number of nitrogens with one attached hydrogen (secondary N) is 2. The van der Waals surface area contributed by atoms with E-state index in [4.69, 9.17) is 4.74 Å². The molecular weight excluding hydrogens is 280 g/mol. The summed E-state index contributed by atoms with van der Waals surface area (Å²) >= 11 is 0. The molecule has 2 fully saturated rings. The summed E-state index contributed by atoms with van der Waals surface area (Å²) < 4.78 is 5.61. The highest BCUT2D eigenvalue weighted by molar-refractivity contribution is 5.80. The summed E-state index contributed by atoms with van der Waals surface area (Å²) in [7, 11) is 0. The summed E-state index contributed by atoms with van der Waals surface area (Å²) in [6.45, 7) is 3.62. The maximum atomic E-state index is 11.6. The minimum absolute atomic E-state index is 0.0897. The summed E-state index contributed by atoms with van der Waals surface area (Å²) in [6, 6.07) is 8.23. The van der Waals surface area contributed by atoms with Crippen LogP contribution in [0.15, 0.2) is 24.3 Å². The Labute approximate surface area is 131 Å². The van der Waals surface area contributed by atoms with Crippen LogP contribution in [0.25, 0.3) is 0 Å². The van der Waals surface area contributed by atoms with Gasteiger partial charge in [-0.25, -0.2) is 0 Å². The molecular formula is C17H24N2O3. The summed E-state index contributed by atoms with van der Waals surface area (Å²) in [4.78, 5) is 11.6. The van der Waals surface area contributed by atoms with Gasteiger partial charge < -0.3 is 20.5 Å². The molecule has 22 heavy (non-hydrogen) atoms. The van der Waals surface area contributed by atoms with Crippen LogP contribution in [0.2, 0.25) is 0 Å². The van der Waals surface area contributed by atoms with E-state index in [1.54, 1.807) is 0 Å². The Bertz CT molecular complexity index is 513. The molecule has 1 saturated heterocycles. The monoisotopic (exact) mass is 304 g/mol. The van der Waals surface area contributed by atoms with E-state index in [-0.39, 0.29) is 24.0 Å². The summed E-state index contributed by atoms with van der Waals surface area (Å²) in [5.41, 5.74) is 2.42. The van der Waals surface area contributed by atoms with Crippen molar-refractivity contribution >= 4 is 5.91 Å². The largest absolute Gasteiger partial charge is 0.389 e. The van der Waals surface area contributed by atoms with Crippen LogP contribution in [-0.2, 0) is 16.1 Å². The first-order chi connectivity index (χ1) is 10.6. The average Bonchev–Trinajstić information content (AvgIpc) is 3.30. The molecule has 5 nitrogen and oxygen atoms in total. The normalized spacial score (nSPS) is 27.8. The van der Waals surface area contributed by atoms with E-state index in [0.29, 0.717) is 19.7 Å². The third kappa shape index (κ3) is 3.85. The van der Waals surface area contributed by atoms with Crippen molar-refractivity contribution in [1.29, 1.82) is 0 Å². The molecule has 3 N–H and O–H groups in total. The third-order valence-electron chi connectivity index (χ3n) is 4.40. The van der Waals surface area contributed by atoms with E-state index in [9.17, 15) is 9.90 Å². The topological polar surface area (TPSA) is 70.6 Å². The number of rotatable bonds is 6. The predicted octanol–water partition coefficient (Wildman–Crippen LogP) is 0.739. The van der Waals surface area contributed by atoms with Gasteiger partial charge in [0.2, 0.25) is 5.91 Å². The van der Waals surface area contributed by atoms with E-state index in [0.717, 1.165) is 12.8 Å². The van der Waals surface area contributed by atoms with Gasteiger partial charge in [0.1, 0.15) is 6.10 Å². The molecule has 0 radical (unpaired) electrons. The molecule has 120 valence electrons. The van der Waals surface area contributed by atoms with Crippen LogP contribution < -0.4 is 10.6 Å².